The Morgan fingerprint density at radius 3 is 2.79 bits per heavy atom. The van der Waals surface area contributed by atoms with Gasteiger partial charge in [0.25, 0.3) is 0 Å². The first-order valence-electron chi connectivity index (χ1n) is 6.11. The Morgan fingerprint density at radius 1 is 1.05 bits per heavy atom. The summed E-state index contributed by atoms with van der Waals surface area (Å²) in [7, 11) is 0. The molecule has 1 aromatic carbocycles. The molecule has 19 heavy (non-hydrogen) atoms. The van der Waals surface area contributed by atoms with Gasteiger partial charge in [-0.05, 0) is 34.3 Å². The van der Waals surface area contributed by atoms with Gasteiger partial charge in [-0.3, -0.25) is 0 Å². The van der Waals surface area contributed by atoms with Crippen LogP contribution in [0.15, 0.2) is 47.2 Å². The maximum Gasteiger partial charge on any atom is 0.138 e. The molecule has 0 aliphatic heterocycles. The fourth-order valence-corrected chi connectivity index (χ4v) is 3.89. The molecule has 1 nitrogen and oxygen atoms in total. The zero-order valence-electron chi connectivity index (χ0n) is 10.2. The van der Waals surface area contributed by atoms with Gasteiger partial charge in [0, 0.05) is 17.2 Å². The van der Waals surface area contributed by atoms with Crippen molar-refractivity contribution < 1.29 is 4.74 Å². The Morgan fingerprint density at radius 2 is 2.00 bits per heavy atom. The molecule has 4 heteroatoms. The number of hydrogen-bond acceptors (Lipinski definition) is 3. The number of halogens is 1. The van der Waals surface area contributed by atoms with Crippen LogP contribution in [-0.4, -0.2) is 5.88 Å². The van der Waals surface area contributed by atoms with Crippen molar-refractivity contribution in [3.63, 3.8) is 0 Å². The van der Waals surface area contributed by atoms with E-state index in [2.05, 4.69) is 35.0 Å². The average molecular weight is 309 g/mol. The molecular weight excluding hydrogens is 296 g/mol. The third-order valence-corrected chi connectivity index (χ3v) is 5.07. The molecule has 0 saturated carbocycles. The van der Waals surface area contributed by atoms with Gasteiger partial charge in [-0.25, -0.2) is 0 Å². The van der Waals surface area contributed by atoms with Crippen LogP contribution in [-0.2, 0) is 0 Å². The average Bonchev–Trinajstić information content (AvgIpc) is 3.10. The van der Waals surface area contributed by atoms with Gasteiger partial charge in [-0.15, -0.1) is 34.3 Å². The number of rotatable bonds is 5. The van der Waals surface area contributed by atoms with E-state index in [9.17, 15) is 0 Å². The van der Waals surface area contributed by atoms with E-state index in [1.54, 1.807) is 22.7 Å². The number of fused-ring (bicyclic) bond motifs is 1. The first-order chi connectivity index (χ1) is 9.38. The highest BCUT2D eigenvalue weighted by molar-refractivity contribution is 7.17. The molecule has 0 N–H and O–H groups in total. The molecule has 0 fully saturated rings. The molecule has 1 atom stereocenters. The Balaban J connectivity index is 1.91. The van der Waals surface area contributed by atoms with Gasteiger partial charge in [0.15, 0.2) is 0 Å². The summed E-state index contributed by atoms with van der Waals surface area (Å²) < 4.78 is 7.41. The molecule has 0 aliphatic rings. The smallest absolute Gasteiger partial charge is 0.138 e. The zero-order chi connectivity index (χ0) is 13.1. The molecule has 0 radical (unpaired) electrons. The first-order valence-corrected chi connectivity index (χ1v) is 8.40. The minimum absolute atomic E-state index is 0.0465. The van der Waals surface area contributed by atoms with Crippen LogP contribution in [0.2, 0.25) is 0 Å². The monoisotopic (exact) mass is 308 g/mol. The van der Waals surface area contributed by atoms with Crippen LogP contribution in [0.4, 0.5) is 0 Å². The number of ether oxygens (including phenoxy) is 1. The third kappa shape index (κ3) is 2.78. The summed E-state index contributed by atoms with van der Waals surface area (Å²) in [6, 6.07) is 12.5. The Kier molecular flexibility index (Phi) is 4.06. The van der Waals surface area contributed by atoms with Crippen molar-refractivity contribution in [2.75, 3.05) is 5.88 Å². The molecule has 0 aliphatic carbocycles. The van der Waals surface area contributed by atoms with Crippen LogP contribution in [0.25, 0.3) is 10.1 Å². The van der Waals surface area contributed by atoms with Crippen molar-refractivity contribution >= 4 is 44.4 Å². The van der Waals surface area contributed by atoms with E-state index < -0.39 is 0 Å². The molecule has 0 amide bonds. The largest absolute Gasteiger partial charge is 0.483 e. The van der Waals surface area contributed by atoms with Gasteiger partial charge in [-0.1, -0.05) is 18.2 Å². The lowest BCUT2D eigenvalue weighted by molar-refractivity contribution is 0.209. The van der Waals surface area contributed by atoms with Crippen molar-refractivity contribution in [2.45, 2.75) is 12.5 Å². The summed E-state index contributed by atoms with van der Waals surface area (Å²) in [5, 5.41) is 5.41. The van der Waals surface area contributed by atoms with Crippen LogP contribution in [0, 0.1) is 0 Å². The third-order valence-electron chi connectivity index (χ3n) is 2.94. The van der Waals surface area contributed by atoms with Gasteiger partial charge in [0.1, 0.15) is 11.9 Å². The Bertz CT molecular complexity index is 645. The number of thiophene rings is 2. The van der Waals surface area contributed by atoms with Gasteiger partial charge in [-0.2, -0.15) is 0 Å². The summed E-state index contributed by atoms with van der Waals surface area (Å²) in [6.45, 7) is 0. The second kappa shape index (κ2) is 5.95. The van der Waals surface area contributed by atoms with Crippen LogP contribution in [0.3, 0.4) is 0 Å². The summed E-state index contributed by atoms with van der Waals surface area (Å²) >= 11 is 9.34. The quantitative estimate of drug-likeness (QED) is 0.548. The molecule has 3 aromatic rings. The van der Waals surface area contributed by atoms with E-state index in [4.69, 9.17) is 16.3 Å². The van der Waals surface area contributed by atoms with E-state index >= 15 is 0 Å². The number of alkyl halides is 1. The van der Waals surface area contributed by atoms with E-state index in [0.29, 0.717) is 5.88 Å². The first kappa shape index (κ1) is 13.0. The second-order valence-electron chi connectivity index (χ2n) is 4.19. The molecule has 0 spiro atoms. The fourth-order valence-electron chi connectivity index (χ4n) is 2.04. The fraction of sp³-hybridized carbons (Fsp3) is 0.200. The van der Waals surface area contributed by atoms with E-state index in [1.807, 2.05) is 12.1 Å². The van der Waals surface area contributed by atoms with Crippen molar-refractivity contribution in [1.29, 1.82) is 0 Å². The predicted molar refractivity (Wildman–Crippen MR) is 84.9 cm³/mol. The normalized spacial score (nSPS) is 12.7. The molecule has 0 saturated heterocycles. The van der Waals surface area contributed by atoms with Crippen molar-refractivity contribution in [3.05, 3.63) is 52.0 Å². The zero-order valence-corrected chi connectivity index (χ0v) is 12.6. The van der Waals surface area contributed by atoms with E-state index in [0.717, 1.165) is 12.2 Å². The standard InChI is InChI=1S/C15H13ClOS2/c16-8-6-12(14-5-2-9-18-14)17-13-4-1-3-11-7-10-19-15(11)13/h1-5,7,9-10,12H,6,8H2/t12-/m0/s1. The van der Waals surface area contributed by atoms with Crippen LogP contribution in [0.5, 0.6) is 5.75 Å². The Labute approximate surface area is 125 Å². The van der Waals surface area contributed by atoms with E-state index in [1.165, 1.54) is 15.0 Å². The number of benzene rings is 1. The lowest BCUT2D eigenvalue weighted by Gasteiger charge is -2.17. The van der Waals surface area contributed by atoms with E-state index in [-0.39, 0.29) is 6.10 Å². The lowest BCUT2D eigenvalue weighted by Crippen LogP contribution is -2.06. The van der Waals surface area contributed by atoms with Crippen molar-refractivity contribution in [1.82, 2.24) is 0 Å². The number of hydrogen-bond donors (Lipinski definition) is 0. The molecule has 3 rings (SSSR count). The van der Waals surface area contributed by atoms with Crippen LogP contribution >= 0.6 is 34.3 Å². The topological polar surface area (TPSA) is 9.23 Å². The van der Waals surface area contributed by atoms with Crippen LogP contribution in [0.1, 0.15) is 17.4 Å². The molecule has 0 unspecified atom stereocenters. The van der Waals surface area contributed by atoms with Gasteiger partial charge >= 0.3 is 0 Å². The van der Waals surface area contributed by atoms with Gasteiger partial charge in [0.05, 0.1) is 4.70 Å². The highest BCUT2D eigenvalue weighted by Gasteiger charge is 2.15. The molecule has 2 heterocycles. The summed E-state index contributed by atoms with van der Waals surface area (Å²) in [6.07, 6.45) is 0.870. The molecule has 98 valence electrons. The SMILES string of the molecule is ClCC[C@H](Oc1cccc2ccsc12)c1cccs1. The predicted octanol–water partition coefficient (Wildman–Crippen LogP) is 5.71. The maximum absolute atomic E-state index is 6.21. The van der Waals surface area contributed by atoms with Gasteiger partial charge < -0.3 is 4.74 Å². The minimum atomic E-state index is 0.0465. The summed E-state index contributed by atoms with van der Waals surface area (Å²) in [4.78, 5) is 1.23. The summed E-state index contributed by atoms with van der Waals surface area (Å²) in [5.74, 6) is 1.55. The highest BCUT2D eigenvalue weighted by atomic mass is 35.5. The lowest BCUT2D eigenvalue weighted by atomic mass is 10.2. The highest BCUT2D eigenvalue weighted by Crippen LogP contribution is 2.35. The minimum Gasteiger partial charge on any atom is -0.483 e. The molecule has 2 aromatic heterocycles. The van der Waals surface area contributed by atoms with Crippen LogP contribution < -0.4 is 4.74 Å². The van der Waals surface area contributed by atoms with Gasteiger partial charge in [0.2, 0.25) is 0 Å². The van der Waals surface area contributed by atoms with Crippen molar-refractivity contribution in [3.8, 4) is 5.75 Å². The Hall–Kier alpha value is -1.03. The molecule has 0 bridgehead atoms. The summed E-state index contributed by atoms with van der Waals surface area (Å²) in [5.41, 5.74) is 0. The molecular formula is C15H13ClOS2. The second-order valence-corrected chi connectivity index (χ2v) is 6.47. The van der Waals surface area contributed by atoms with Crippen molar-refractivity contribution in [2.24, 2.45) is 0 Å². The maximum atomic E-state index is 6.21.